The molecule has 2 nitrogen and oxygen atoms in total. The number of hydrogen-bond donors (Lipinski definition) is 0. The van der Waals surface area contributed by atoms with Crippen LogP contribution in [0.5, 0.6) is 0 Å². The van der Waals surface area contributed by atoms with Gasteiger partial charge >= 0.3 is 0 Å². The summed E-state index contributed by atoms with van der Waals surface area (Å²) in [5, 5.41) is 0. The predicted molar refractivity (Wildman–Crippen MR) is 73.5 cm³/mol. The van der Waals surface area contributed by atoms with Crippen molar-refractivity contribution in [2.45, 2.75) is 71.3 Å². The minimum Gasteiger partial charge on any atom is -0.378 e. The predicted octanol–water partition coefficient (Wildman–Crippen LogP) is 3.98. The Labute approximate surface area is 111 Å². The Bertz CT molecular complexity index is 258. The van der Waals surface area contributed by atoms with Crippen molar-refractivity contribution in [2.75, 3.05) is 6.61 Å². The summed E-state index contributed by atoms with van der Waals surface area (Å²) in [5.41, 5.74) is 0. The molecule has 1 atom stereocenters. The van der Waals surface area contributed by atoms with Crippen molar-refractivity contribution < 1.29 is 9.53 Å². The zero-order valence-corrected chi connectivity index (χ0v) is 12.0. The molecule has 1 saturated carbocycles. The van der Waals surface area contributed by atoms with E-state index in [9.17, 15) is 4.79 Å². The summed E-state index contributed by atoms with van der Waals surface area (Å²) in [6, 6.07) is 0. The molecule has 2 aliphatic rings. The number of ketones is 1. The average Bonchev–Trinajstić information content (AvgIpc) is 2.89. The van der Waals surface area contributed by atoms with E-state index in [0.29, 0.717) is 17.8 Å². The smallest absolute Gasteiger partial charge is 0.136 e. The Hall–Kier alpha value is -0.370. The normalized spacial score (nSPS) is 32.9. The van der Waals surface area contributed by atoms with Gasteiger partial charge in [-0.1, -0.05) is 13.8 Å². The highest BCUT2D eigenvalue weighted by atomic mass is 16.5. The molecule has 0 aromatic heterocycles. The first-order chi connectivity index (χ1) is 8.66. The molecular weight excluding hydrogens is 224 g/mol. The maximum atomic E-state index is 12.2. The summed E-state index contributed by atoms with van der Waals surface area (Å²) in [6.45, 7) is 5.52. The van der Waals surface area contributed by atoms with E-state index in [-0.39, 0.29) is 0 Å². The van der Waals surface area contributed by atoms with Crippen LogP contribution in [-0.4, -0.2) is 18.5 Å². The van der Waals surface area contributed by atoms with Crippen LogP contribution in [0.3, 0.4) is 0 Å². The van der Waals surface area contributed by atoms with Gasteiger partial charge in [-0.05, 0) is 56.8 Å². The lowest BCUT2D eigenvalue weighted by Gasteiger charge is -2.30. The van der Waals surface area contributed by atoms with Gasteiger partial charge in [-0.15, -0.1) is 0 Å². The fourth-order valence-corrected chi connectivity index (χ4v) is 3.49. The molecule has 0 aromatic carbocycles. The molecule has 0 bridgehead atoms. The largest absolute Gasteiger partial charge is 0.378 e. The molecule has 1 unspecified atom stereocenters. The maximum absolute atomic E-state index is 12.2. The summed E-state index contributed by atoms with van der Waals surface area (Å²) >= 11 is 0. The minimum atomic E-state index is 0.362. The van der Waals surface area contributed by atoms with Gasteiger partial charge in [-0.3, -0.25) is 4.79 Å². The van der Waals surface area contributed by atoms with E-state index < -0.39 is 0 Å². The molecule has 2 fully saturated rings. The molecule has 1 saturated heterocycles. The third-order valence-corrected chi connectivity index (χ3v) is 4.91. The van der Waals surface area contributed by atoms with Crippen LogP contribution in [0.2, 0.25) is 0 Å². The van der Waals surface area contributed by atoms with E-state index >= 15 is 0 Å². The SMILES string of the molecule is CC(C)C1CCC(C(=O)CCC2CCCO2)CC1. The van der Waals surface area contributed by atoms with Gasteiger partial charge in [-0.25, -0.2) is 0 Å². The van der Waals surface area contributed by atoms with Crippen LogP contribution in [0.4, 0.5) is 0 Å². The van der Waals surface area contributed by atoms with Gasteiger partial charge in [0, 0.05) is 18.9 Å². The summed E-state index contributed by atoms with van der Waals surface area (Å²) < 4.78 is 5.59. The number of ether oxygens (including phenoxy) is 1. The number of carbonyl (C=O) groups is 1. The van der Waals surface area contributed by atoms with Crippen molar-refractivity contribution >= 4 is 5.78 Å². The van der Waals surface area contributed by atoms with Crippen LogP contribution in [-0.2, 0) is 9.53 Å². The maximum Gasteiger partial charge on any atom is 0.136 e. The molecule has 0 spiro atoms. The van der Waals surface area contributed by atoms with Crippen molar-refractivity contribution in [1.82, 2.24) is 0 Å². The molecule has 0 N–H and O–H groups in total. The molecule has 0 aromatic rings. The highest BCUT2D eigenvalue weighted by molar-refractivity contribution is 5.81. The van der Waals surface area contributed by atoms with Crippen LogP contribution >= 0.6 is 0 Å². The number of hydrogen-bond acceptors (Lipinski definition) is 2. The Morgan fingerprint density at radius 3 is 2.44 bits per heavy atom. The second kappa shape index (κ2) is 6.70. The Morgan fingerprint density at radius 2 is 1.89 bits per heavy atom. The van der Waals surface area contributed by atoms with E-state index in [1.54, 1.807) is 0 Å². The van der Waals surface area contributed by atoms with Gasteiger partial charge in [0.2, 0.25) is 0 Å². The van der Waals surface area contributed by atoms with E-state index in [0.717, 1.165) is 50.5 Å². The second-order valence-corrected chi connectivity index (χ2v) is 6.50. The van der Waals surface area contributed by atoms with Gasteiger partial charge in [0.15, 0.2) is 0 Å². The van der Waals surface area contributed by atoms with Crippen molar-refractivity contribution in [3.63, 3.8) is 0 Å². The van der Waals surface area contributed by atoms with Gasteiger partial charge < -0.3 is 4.74 Å². The highest BCUT2D eigenvalue weighted by Gasteiger charge is 2.28. The van der Waals surface area contributed by atoms with Crippen LogP contribution in [0.1, 0.15) is 65.2 Å². The fraction of sp³-hybridized carbons (Fsp3) is 0.938. The summed E-state index contributed by atoms with van der Waals surface area (Å²) in [5.74, 6) is 2.51. The second-order valence-electron chi connectivity index (χ2n) is 6.50. The monoisotopic (exact) mass is 252 g/mol. The Kier molecular flexibility index (Phi) is 5.23. The third kappa shape index (κ3) is 3.81. The molecule has 104 valence electrons. The lowest BCUT2D eigenvalue weighted by atomic mass is 9.75. The van der Waals surface area contributed by atoms with Crippen LogP contribution < -0.4 is 0 Å². The average molecular weight is 252 g/mol. The molecule has 2 rings (SSSR count). The zero-order chi connectivity index (χ0) is 13.0. The quantitative estimate of drug-likeness (QED) is 0.740. The molecule has 18 heavy (non-hydrogen) atoms. The van der Waals surface area contributed by atoms with Crippen LogP contribution in [0.15, 0.2) is 0 Å². The van der Waals surface area contributed by atoms with E-state index in [4.69, 9.17) is 4.74 Å². The zero-order valence-electron chi connectivity index (χ0n) is 12.0. The first-order valence-electron chi connectivity index (χ1n) is 7.81. The van der Waals surface area contributed by atoms with Crippen LogP contribution in [0.25, 0.3) is 0 Å². The molecule has 1 aliphatic heterocycles. The summed E-state index contributed by atoms with van der Waals surface area (Å²) in [4.78, 5) is 12.2. The van der Waals surface area contributed by atoms with Gasteiger partial charge in [-0.2, -0.15) is 0 Å². The minimum absolute atomic E-state index is 0.362. The number of rotatable bonds is 5. The summed E-state index contributed by atoms with van der Waals surface area (Å²) in [7, 11) is 0. The molecular formula is C16H28O2. The first kappa shape index (κ1) is 14.0. The molecule has 1 aliphatic carbocycles. The standard InChI is InChI=1S/C16H28O2/c1-12(2)13-5-7-14(8-6-13)16(17)10-9-15-4-3-11-18-15/h12-15H,3-11H2,1-2H3. The van der Waals surface area contributed by atoms with Crippen molar-refractivity contribution in [3.8, 4) is 0 Å². The lowest BCUT2D eigenvalue weighted by Crippen LogP contribution is -2.24. The summed E-state index contributed by atoms with van der Waals surface area (Å²) in [6.07, 6.45) is 9.21. The Morgan fingerprint density at radius 1 is 1.17 bits per heavy atom. The van der Waals surface area contributed by atoms with Gasteiger partial charge in [0.05, 0.1) is 6.10 Å². The Balaban J connectivity index is 1.67. The van der Waals surface area contributed by atoms with Gasteiger partial charge in [0.1, 0.15) is 5.78 Å². The lowest BCUT2D eigenvalue weighted by molar-refractivity contribution is -0.124. The van der Waals surface area contributed by atoms with E-state index in [1.807, 2.05) is 0 Å². The molecule has 0 radical (unpaired) electrons. The molecule has 1 heterocycles. The van der Waals surface area contributed by atoms with E-state index in [2.05, 4.69) is 13.8 Å². The fourth-order valence-electron chi connectivity index (χ4n) is 3.49. The molecule has 0 amide bonds. The molecule has 2 heteroatoms. The topological polar surface area (TPSA) is 26.3 Å². The van der Waals surface area contributed by atoms with Crippen molar-refractivity contribution in [3.05, 3.63) is 0 Å². The number of carbonyl (C=O) groups excluding carboxylic acids is 1. The van der Waals surface area contributed by atoms with Crippen LogP contribution in [0, 0.1) is 17.8 Å². The highest BCUT2D eigenvalue weighted by Crippen LogP contribution is 2.34. The van der Waals surface area contributed by atoms with Crippen molar-refractivity contribution in [1.29, 1.82) is 0 Å². The van der Waals surface area contributed by atoms with E-state index in [1.165, 1.54) is 19.3 Å². The third-order valence-electron chi connectivity index (χ3n) is 4.91. The number of Topliss-reactive ketones (excluding diaryl/α,β-unsaturated/α-hetero) is 1. The first-order valence-corrected chi connectivity index (χ1v) is 7.81. The van der Waals surface area contributed by atoms with Gasteiger partial charge in [0.25, 0.3) is 0 Å². The van der Waals surface area contributed by atoms with Crippen molar-refractivity contribution in [2.24, 2.45) is 17.8 Å².